The van der Waals surface area contributed by atoms with Gasteiger partial charge in [-0.1, -0.05) is 6.07 Å². The maximum absolute atomic E-state index is 6.05. The van der Waals surface area contributed by atoms with Crippen LogP contribution >= 0.6 is 11.3 Å². The van der Waals surface area contributed by atoms with E-state index in [2.05, 4.69) is 24.4 Å². The summed E-state index contributed by atoms with van der Waals surface area (Å²) in [5.74, 6) is 1.99. The van der Waals surface area contributed by atoms with Crippen molar-refractivity contribution in [2.75, 3.05) is 19.8 Å². The van der Waals surface area contributed by atoms with Crippen molar-refractivity contribution < 1.29 is 9.47 Å². The summed E-state index contributed by atoms with van der Waals surface area (Å²) in [6, 6.07) is 8.24. The van der Waals surface area contributed by atoms with Gasteiger partial charge < -0.3 is 15.2 Å². The molecule has 0 amide bonds. The molecule has 0 saturated heterocycles. The van der Waals surface area contributed by atoms with Gasteiger partial charge in [0.05, 0.1) is 13.2 Å². The van der Waals surface area contributed by atoms with Gasteiger partial charge in [0.15, 0.2) is 0 Å². The Bertz CT molecular complexity index is 595. The molecule has 1 aromatic heterocycles. The third-order valence-electron chi connectivity index (χ3n) is 3.72. The lowest BCUT2D eigenvalue weighted by atomic mass is 9.93. The summed E-state index contributed by atoms with van der Waals surface area (Å²) in [5, 5.41) is 2.14. The van der Waals surface area contributed by atoms with Gasteiger partial charge in [-0.2, -0.15) is 0 Å². The molecule has 3 nitrogen and oxygen atoms in total. The number of nitrogens with two attached hydrogens (primary N) is 1. The van der Waals surface area contributed by atoms with Crippen LogP contribution < -0.4 is 15.2 Å². The second kappa shape index (κ2) is 8.20. The van der Waals surface area contributed by atoms with Crippen molar-refractivity contribution in [3.63, 3.8) is 0 Å². The molecule has 0 saturated carbocycles. The third-order valence-corrected chi connectivity index (χ3v) is 4.77. The van der Waals surface area contributed by atoms with E-state index in [9.17, 15) is 0 Å². The molecule has 2 rings (SSSR count). The summed E-state index contributed by atoms with van der Waals surface area (Å²) in [4.78, 5) is 1.40. The quantitative estimate of drug-likeness (QED) is 0.795. The number of hydrogen-bond donors (Lipinski definition) is 1. The molecule has 2 N–H and O–H groups in total. The highest BCUT2D eigenvalue weighted by atomic mass is 32.1. The second-order valence-electron chi connectivity index (χ2n) is 5.23. The van der Waals surface area contributed by atoms with Crippen LogP contribution in [0.25, 0.3) is 0 Å². The highest BCUT2D eigenvalue weighted by Crippen LogP contribution is 2.34. The summed E-state index contributed by atoms with van der Waals surface area (Å²) < 4.78 is 11.4. The Morgan fingerprint density at radius 1 is 1.14 bits per heavy atom. The smallest absolute Gasteiger partial charge is 0.126 e. The predicted octanol–water partition coefficient (Wildman–Crippen LogP) is 4.14. The summed E-state index contributed by atoms with van der Waals surface area (Å²) in [6.07, 6.45) is 0.952. The number of ether oxygens (including phenoxy) is 2. The molecule has 2 aromatic rings. The molecule has 0 spiro atoms. The number of aryl methyl sites for hydroxylation is 1. The highest BCUT2D eigenvalue weighted by Gasteiger charge is 2.18. The minimum atomic E-state index is 0.259. The highest BCUT2D eigenvalue weighted by molar-refractivity contribution is 7.10. The van der Waals surface area contributed by atoms with E-state index in [4.69, 9.17) is 15.2 Å². The third kappa shape index (κ3) is 4.02. The van der Waals surface area contributed by atoms with Crippen LogP contribution in [0.2, 0.25) is 0 Å². The summed E-state index contributed by atoms with van der Waals surface area (Å²) in [5.41, 5.74) is 8.56. The van der Waals surface area contributed by atoms with E-state index in [1.54, 1.807) is 11.3 Å². The SMILES string of the molecule is CCOc1ccc(C(CN)Cc2sccc2C)c(OCC)c1. The van der Waals surface area contributed by atoms with Gasteiger partial charge >= 0.3 is 0 Å². The fraction of sp³-hybridized carbons (Fsp3) is 0.444. The van der Waals surface area contributed by atoms with Crippen LogP contribution in [0.1, 0.15) is 35.8 Å². The maximum Gasteiger partial charge on any atom is 0.126 e. The van der Waals surface area contributed by atoms with Crippen molar-refractivity contribution in [1.29, 1.82) is 0 Å². The Morgan fingerprint density at radius 3 is 2.50 bits per heavy atom. The van der Waals surface area contributed by atoms with E-state index in [0.717, 1.165) is 17.9 Å². The zero-order valence-corrected chi connectivity index (χ0v) is 14.4. The molecule has 0 bridgehead atoms. The lowest BCUT2D eigenvalue weighted by molar-refractivity contribution is 0.319. The van der Waals surface area contributed by atoms with Gasteiger partial charge in [0, 0.05) is 16.9 Å². The fourth-order valence-corrected chi connectivity index (χ4v) is 3.53. The predicted molar refractivity (Wildman–Crippen MR) is 93.3 cm³/mol. The van der Waals surface area contributed by atoms with Gasteiger partial charge in [-0.05, 0) is 62.4 Å². The molecule has 0 aliphatic heterocycles. The Morgan fingerprint density at radius 2 is 1.91 bits per heavy atom. The van der Waals surface area contributed by atoms with E-state index >= 15 is 0 Å². The van der Waals surface area contributed by atoms with Gasteiger partial charge in [0.2, 0.25) is 0 Å². The number of hydrogen-bond acceptors (Lipinski definition) is 4. The molecule has 22 heavy (non-hydrogen) atoms. The van der Waals surface area contributed by atoms with E-state index in [1.165, 1.54) is 16.0 Å². The summed E-state index contributed by atoms with van der Waals surface area (Å²) >= 11 is 1.80. The van der Waals surface area contributed by atoms with Crippen LogP contribution in [0, 0.1) is 6.92 Å². The van der Waals surface area contributed by atoms with Crippen molar-refractivity contribution in [2.24, 2.45) is 5.73 Å². The zero-order valence-electron chi connectivity index (χ0n) is 13.6. The molecule has 4 heteroatoms. The first kappa shape index (κ1) is 16.8. The second-order valence-corrected chi connectivity index (χ2v) is 6.23. The van der Waals surface area contributed by atoms with E-state index in [-0.39, 0.29) is 5.92 Å². The van der Waals surface area contributed by atoms with Gasteiger partial charge in [-0.15, -0.1) is 11.3 Å². The first-order chi connectivity index (χ1) is 10.7. The standard InChI is InChI=1S/C18H25NO2S/c1-4-20-15-6-7-16(17(11-15)21-5-2)14(12-19)10-18-13(3)8-9-22-18/h6-9,11,14H,4-5,10,12,19H2,1-3H3. The van der Waals surface area contributed by atoms with Crippen molar-refractivity contribution in [3.8, 4) is 11.5 Å². The van der Waals surface area contributed by atoms with Crippen LogP contribution in [-0.2, 0) is 6.42 Å². The van der Waals surface area contributed by atoms with Gasteiger partial charge in [-0.25, -0.2) is 0 Å². The normalized spacial score (nSPS) is 12.2. The molecule has 1 aromatic carbocycles. The molecule has 0 aliphatic carbocycles. The van der Waals surface area contributed by atoms with Gasteiger partial charge in [0.25, 0.3) is 0 Å². The lowest BCUT2D eigenvalue weighted by Crippen LogP contribution is -2.16. The number of thiophene rings is 1. The Kier molecular flexibility index (Phi) is 6.28. The number of rotatable bonds is 8. The Hall–Kier alpha value is -1.52. The molecule has 1 heterocycles. The van der Waals surface area contributed by atoms with Crippen molar-refractivity contribution in [1.82, 2.24) is 0 Å². The van der Waals surface area contributed by atoms with Crippen LogP contribution in [0.5, 0.6) is 11.5 Å². The maximum atomic E-state index is 6.05. The molecule has 0 aliphatic rings. The monoisotopic (exact) mass is 319 g/mol. The lowest BCUT2D eigenvalue weighted by Gasteiger charge is -2.20. The summed E-state index contributed by atoms with van der Waals surface area (Å²) in [7, 11) is 0. The van der Waals surface area contributed by atoms with Gasteiger partial charge in [0.1, 0.15) is 11.5 Å². The largest absolute Gasteiger partial charge is 0.494 e. The minimum absolute atomic E-state index is 0.259. The average Bonchev–Trinajstić information content (AvgIpc) is 2.91. The molecular formula is C18H25NO2S. The Labute approximate surface area is 137 Å². The Balaban J connectivity index is 2.28. The summed E-state index contributed by atoms with van der Waals surface area (Å²) in [6.45, 7) is 8.03. The van der Waals surface area contributed by atoms with E-state index in [1.807, 2.05) is 26.0 Å². The molecule has 120 valence electrons. The van der Waals surface area contributed by atoms with Crippen LogP contribution in [0.3, 0.4) is 0 Å². The minimum Gasteiger partial charge on any atom is -0.494 e. The first-order valence-electron chi connectivity index (χ1n) is 7.82. The topological polar surface area (TPSA) is 44.5 Å². The van der Waals surface area contributed by atoms with Gasteiger partial charge in [-0.3, -0.25) is 0 Å². The zero-order chi connectivity index (χ0) is 15.9. The average molecular weight is 319 g/mol. The van der Waals surface area contributed by atoms with Crippen molar-refractivity contribution >= 4 is 11.3 Å². The molecule has 1 unspecified atom stereocenters. The van der Waals surface area contributed by atoms with Crippen LogP contribution in [-0.4, -0.2) is 19.8 Å². The van der Waals surface area contributed by atoms with Crippen molar-refractivity contribution in [3.05, 3.63) is 45.6 Å². The van der Waals surface area contributed by atoms with Crippen LogP contribution in [0.15, 0.2) is 29.6 Å². The molecular weight excluding hydrogens is 294 g/mol. The molecule has 1 atom stereocenters. The molecule has 0 radical (unpaired) electrons. The van der Waals surface area contributed by atoms with E-state index < -0.39 is 0 Å². The number of benzene rings is 1. The molecule has 0 fully saturated rings. The fourth-order valence-electron chi connectivity index (χ4n) is 2.55. The van der Waals surface area contributed by atoms with E-state index in [0.29, 0.717) is 19.8 Å². The van der Waals surface area contributed by atoms with Crippen molar-refractivity contribution in [2.45, 2.75) is 33.1 Å². The van der Waals surface area contributed by atoms with Crippen LogP contribution in [0.4, 0.5) is 0 Å². The first-order valence-corrected chi connectivity index (χ1v) is 8.70.